The van der Waals surface area contributed by atoms with Gasteiger partial charge in [-0.05, 0) is 38.8 Å². The maximum Gasteiger partial charge on any atom is 0.0798 e. The van der Waals surface area contributed by atoms with Gasteiger partial charge in [0.05, 0.1) is 11.2 Å². The first-order valence-corrected chi connectivity index (χ1v) is 7.70. The van der Waals surface area contributed by atoms with E-state index in [9.17, 15) is 0 Å². The quantitative estimate of drug-likeness (QED) is 0.847. The van der Waals surface area contributed by atoms with E-state index in [0.29, 0.717) is 6.04 Å². The molecule has 0 aromatic carbocycles. The first kappa shape index (κ1) is 14.2. The number of hydrogen-bond donors (Lipinski definition) is 1. The average Bonchev–Trinajstić information content (AvgIpc) is 2.99. The van der Waals surface area contributed by atoms with Crippen LogP contribution in [-0.2, 0) is 13.5 Å². The molecule has 0 fully saturated rings. The predicted octanol–water partition coefficient (Wildman–Crippen LogP) is 2.86. The fraction of sp³-hybridized carbons (Fsp3) is 0.571. The number of thiazole rings is 1. The molecule has 0 amide bonds. The second-order valence-electron chi connectivity index (χ2n) is 4.79. The molecule has 0 bridgehead atoms. The van der Waals surface area contributed by atoms with Gasteiger partial charge in [-0.2, -0.15) is 5.10 Å². The van der Waals surface area contributed by atoms with E-state index in [1.807, 2.05) is 23.4 Å². The normalized spacial score (nSPS) is 12.8. The van der Waals surface area contributed by atoms with Gasteiger partial charge in [0, 0.05) is 29.9 Å². The summed E-state index contributed by atoms with van der Waals surface area (Å²) in [5.41, 5.74) is 4.38. The molecule has 2 aromatic heterocycles. The molecule has 5 heteroatoms. The predicted molar refractivity (Wildman–Crippen MR) is 79.4 cm³/mol. The van der Waals surface area contributed by atoms with Gasteiger partial charge in [0.2, 0.25) is 0 Å². The van der Waals surface area contributed by atoms with Crippen LogP contribution >= 0.6 is 11.3 Å². The summed E-state index contributed by atoms with van der Waals surface area (Å²) in [6, 6.07) is 2.50. The molecule has 19 heavy (non-hydrogen) atoms. The van der Waals surface area contributed by atoms with Crippen molar-refractivity contribution in [2.75, 3.05) is 6.54 Å². The first-order chi connectivity index (χ1) is 9.22. The van der Waals surface area contributed by atoms with Crippen LogP contribution in [0.15, 0.2) is 17.8 Å². The van der Waals surface area contributed by atoms with Gasteiger partial charge in [0.15, 0.2) is 0 Å². The summed E-state index contributed by atoms with van der Waals surface area (Å²) in [5, 5.41) is 7.86. The molecule has 0 aliphatic rings. The highest BCUT2D eigenvalue weighted by atomic mass is 32.1. The summed E-state index contributed by atoms with van der Waals surface area (Å²) < 4.78 is 1.95. The second kappa shape index (κ2) is 6.82. The van der Waals surface area contributed by atoms with E-state index in [4.69, 9.17) is 0 Å². The lowest BCUT2D eigenvalue weighted by atomic mass is 10.1. The number of nitrogens with one attached hydrogen (secondary N) is 1. The number of hydrogen-bond acceptors (Lipinski definition) is 4. The molecule has 0 aliphatic carbocycles. The fourth-order valence-electron chi connectivity index (χ4n) is 2.23. The molecule has 4 nitrogen and oxygen atoms in total. The molecule has 0 saturated heterocycles. The Morgan fingerprint density at radius 2 is 2.32 bits per heavy atom. The zero-order valence-electron chi connectivity index (χ0n) is 11.9. The number of aryl methyl sites for hydroxylation is 3. The van der Waals surface area contributed by atoms with Crippen LogP contribution in [0, 0.1) is 6.92 Å². The summed E-state index contributed by atoms with van der Waals surface area (Å²) in [6.45, 7) is 5.34. The van der Waals surface area contributed by atoms with Gasteiger partial charge < -0.3 is 5.32 Å². The van der Waals surface area contributed by atoms with Gasteiger partial charge in [-0.15, -0.1) is 11.3 Å². The molecule has 2 rings (SSSR count). The Balaban J connectivity index is 2.02. The van der Waals surface area contributed by atoms with E-state index in [2.05, 4.69) is 35.3 Å². The standard InChI is InChI=1S/C14H22N4S/c1-4-8-15-13(14-11(2)16-10-19-14)6-5-12-7-9-17-18(12)3/h7,9-10,13,15H,4-6,8H2,1-3H3. The van der Waals surface area contributed by atoms with E-state index >= 15 is 0 Å². The minimum absolute atomic E-state index is 0.405. The Morgan fingerprint density at radius 1 is 1.47 bits per heavy atom. The van der Waals surface area contributed by atoms with Crippen molar-refractivity contribution in [1.82, 2.24) is 20.1 Å². The van der Waals surface area contributed by atoms with Crippen LogP contribution in [0.5, 0.6) is 0 Å². The molecule has 0 saturated carbocycles. The smallest absolute Gasteiger partial charge is 0.0798 e. The number of aromatic nitrogens is 3. The van der Waals surface area contributed by atoms with Crippen LogP contribution < -0.4 is 5.32 Å². The van der Waals surface area contributed by atoms with Crippen molar-refractivity contribution in [1.29, 1.82) is 0 Å². The highest BCUT2D eigenvalue weighted by Crippen LogP contribution is 2.25. The first-order valence-electron chi connectivity index (χ1n) is 6.82. The highest BCUT2D eigenvalue weighted by molar-refractivity contribution is 7.09. The van der Waals surface area contributed by atoms with Crippen molar-refractivity contribution in [2.24, 2.45) is 7.05 Å². The van der Waals surface area contributed by atoms with Gasteiger partial charge in [-0.25, -0.2) is 4.98 Å². The lowest BCUT2D eigenvalue weighted by Gasteiger charge is -2.17. The average molecular weight is 278 g/mol. The lowest BCUT2D eigenvalue weighted by molar-refractivity contribution is 0.495. The monoisotopic (exact) mass is 278 g/mol. The van der Waals surface area contributed by atoms with Crippen molar-refractivity contribution < 1.29 is 0 Å². The summed E-state index contributed by atoms with van der Waals surface area (Å²) in [6.07, 6.45) is 5.14. The van der Waals surface area contributed by atoms with Gasteiger partial charge in [-0.3, -0.25) is 4.68 Å². The summed E-state index contributed by atoms with van der Waals surface area (Å²) >= 11 is 1.75. The van der Waals surface area contributed by atoms with E-state index in [1.165, 1.54) is 10.6 Å². The number of rotatable bonds is 7. The van der Waals surface area contributed by atoms with Crippen molar-refractivity contribution in [3.8, 4) is 0 Å². The molecule has 1 N–H and O–H groups in total. The zero-order valence-corrected chi connectivity index (χ0v) is 12.7. The van der Waals surface area contributed by atoms with Crippen molar-refractivity contribution in [2.45, 2.75) is 39.2 Å². The van der Waals surface area contributed by atoms with Crippen LogP contribution in [0.4, 0.5) is 0 Å². The largest absolute Gasteiger partial charge is 0.309 e. The molecule has 0 aliphatic heterocycles. The minimum atomic E-state index is 0.405. The van der Waals surface area contributed by atoms with Crippen LogP contribution in [0.2, 0.25) is 0 Å². The van der Waals surface area contributed by atoms with E-state index < -0.39 is 0 Å². The third-order valence-corrected chi connectivity index (χ3v) is 4.40. The maximum absolute atomic E-state index is 4.37. The second-order valence-corrected chi connectivity index (χ2v) is 5.68. The van der Waals surface area contributed by atoms with E-state index in [1.54, 1.807) is 11.3 Å². The summed E-state index contributed by atoms with van der Waals surface area (Å²) in [5.74, 6) is 0. The molecular weight excluding hydrogens is 256 g/mol. The van der Waals surface area contributed by atoms with Crippen LogP contribution in [-0.4, -0.2) is 21.3 Å². The molecule has 1 atom stereocenters. The third-order valence-electron chi connectivity index (χ3n) is 3.35. The van der Waals surface area contributed by atoms with Crippen molar-refractivity contribution in [3.05, 3.63) is 34.0 Å². The molecular formula is C14H22N4S. The topological polar surface area (TPSA) is 42.7 Å². The molecule has 0 radical (unpaired) electrons. The molecule has 1 unspecified atom stereocenters. The van der Waals surface area contributed by atoms with Gasteiger partial charge in [0.25, 0.3) is 0 Å². The van der Waals surface area contributed by atoms with E-state index in [0.717, 1.165) is 31.5 Å². The van der Waals surface area contributed by atoms with Gasteiger partial charge in [-0.1, -0.05) is 6.92 Å². The number of nitrogens with zero attached hydrogens (tertiary/aromatic N) is 3. The van der Waals surface area contributed by atoms with Gasteiger partial charge in [0.1, 0.15) is 0 Å². The SMILES string of the molecule is CCCNC(CCc1ccnn1C)c1scnc1C. The molecule has 2 aromatic rings. The maximum atomic E-state index is 4.37. The Labute approximate surface area is 118 Å². The molecule has 104 valence electrons. The van der Waals surface area contributed by atoms with E-state index in [-0.39, 0.29) is 0 Å². The summed E-state index contributed by atoms with van der Waals surface area (Å²) in [7, 11) is 2.00. The zero-order chi connectivity index (χ0) is 13.7. The Bertz CT molecular complexity index is 503. The van der Waals surface area contributed by atoms with Crippen LogP contribution in [0.25, 0.3) is 0 Å². The highest BCUT2D eigenvalue weighted by Gasteiger charge is 2.16. The van der Waals surface area contributed by atoms with Crippen molar-refractivity contribution >= 4 is 11.3 Å². The third kappa shape index (κ3) is 3.64. The lowest BCUT2D eigenvalue weighted by Crippen LogP contribution is -2.23. The summed E-state index contributed by atoms with van der Waals surface area (Å²) in [4.78, 5) is 5.74. The molecule has 2 heterocycles. The van der Waals surface area contributed by atoms with Crippen LogP contribution in [0.3, 0.4) is 0 Å². The minimum Gasteiger partial charge on any atom is -0.309 e. The van der Waals surface area contributed by atoms with Crippen LogP contribution in [0.1, 0.15) is 42.1 Å². The Hall–Kier alpha value is -1.20. The molecule has 0 spiro atoms. The Kier molecular flexibility index (Phi) is 5.10. The van der Waals surface area contributed by atoms with Gasteiger partial charge >= 0.3 is 0 Å². The Morgan fingerprint density at radius 3 is 2.89 bits per heavy atom. The fourth-order valence-corrected chi connectivity index (χ4v) is 3.14. The van der Waals surface area contributed by atoms with Crippen molar-refractivity contribution in [3.63, 3.8) is 0 Å².